The number of hydroxylamine groups is 1. The van der Waals surface area contributed by atoms with E-state index in [4.69, 9.17) is 10.6 Å². The first-order valence-corrected chi connectivity index (χ1v) is 10.2. The van der Waals surface area contributed by atoms with E-state index >= 15 is 0 Å². The van der Waals surface area contributed by atoms with Gasteiger partial charge in [0, 0.05) is 5.56 Å². The lowest BCUT2D eigenvalue weighted by Gasteiger charge is -2.26. The summed E-state index contributed by atoms with van der Waals surface area (Å²) < 4.78 is 6.39. The Morgan fingerprint density at radius 2 is 1.93 bits per heavy atom. The Balaban J connectivity index is 2.53. The Morgan fingerprint density at radius 3 is 2.46 bits per heavy atom. The van der Waals surface area contributed by atoms with E-state index in [2.05, 4.69) is 42.5 Å². The van der Waals surface area contributed by atoms with Crippen molar-refractivity contribution >= 4 is 11.5 Å². The average molecular weight is 387 g/mol. The van der Waals surface area contributed by atoms with Crippen LogP contribution < -0.4 is 16.1 Å². The number of carbonyl (C=O) groups excluding carboxylic acids is 1. The van der Waals surface area contributed by atoms with E-state index in [1.807, 2.05) is 32.9 Å². The number of hydrogen-bond acceptors (Lipinski definition) is 4. The summed E-state index contributed by atoms with van der Waals surface area (Å²) in [6.45, 7) is 9.95. The van der Waals surface area contributed by atoms with Gasteiger partial charge in [-0.1, -0.05) is 25.1 Å². The molecule has 1 fully saturated rings. The van der Waals surface area contributed by atoms with Gasteiger partial charge < -0.3 is 4.74 Å². The van der Waals surface area contributed by atoms with Gasteiger partial charge in [-0.05, 0) is 88.6 Å². The molecule has 0 heterocycles. The molecule has 154 valence electrons. The predicted octanol–water partition coefficient (Wildman–Crippen LogP) is 4.97. The molecule has 0 aliphatic heterocycles. The first-order chi connectivity index (χ1) is 13.4. The number of allylic oxidation sites excluding steroid dienone is 4. The lowest BCUT2D eigenvalue weighted by atomic mass is 9.81. The zero-order chi connectivity index (χ0) is 20.7. The summed E-state index contributed by atoms with van der Waals surface area (Å²) in [6, 6.07) is 6.01. The molecule has 0 atom stereocenters. The van der Waals surface area contributed by atoms with E-state index in [1.165, 1.54) is 18.4 Å². The maximum absolute atomic E-state index is 12.5. The third-order valence-electron chi connectivity index (χ3n) is 5.67. The molecule has 0 bridgehead atoms. The Kier molecular flexibility index (Phi) is 7.84. The highest BCUT2D eigenvalue weighted by atomic mass is 16.8. The van der Waals surface area contributed by atoms with Gasteiger partial charge in [-0.25, -0.2) is 5.48 Å². The third kappa shape index (κ3) is 4.83. The number of carbonyl (C=O) groups is 1. The molecule has 0 saturated heterocycles. The van der Waals surface area contributed by atoms with Crippen LogP contribution >= 0.6 is 0 Å². The van der Waals surface area contributed by atoms with Gasteiger partial charge in [0.1, 0.15) is 5.75 Å². The molecule has 5 heteroatoms. The highest BCUT2D eigenvalue weighted by Gasteiger charge is 2.31. The summed E-state index contributed by atoms with van der Waals surface area (Å²) in [5.74, 6) is 5.61. The topological polar surface area (TPSA) is 73.6 Å². The smallest absolute Gasteiger partial charge is 0.255 e. The molecule has 28 heavy (non-hydrogen) atoms. The van der Waals surface area contributed by atoms with Crippen molar-refractivity contribution in [3.63, 3.8) is 0 Å². The van der Waals surface area contributed by atoms with Crippen molar-refractivity contribution in [1.29, 1.82) is 0 Å². The number of ether oxygens (including phenoxy) is 1. The van der Waals surface area contributed by atoms with E-state index in [0.29, 0.717) is 0 Å². The van der Waals surface area contributed by atoms with Gasteiger partial charge in [-0.2, -0.15) is 10.8 Å². The number of nitrogens with one attached hydrogen (secondary N) is 1. The van der Waals surface area contributed by atoms with Crippen LogP contribution in [-0.4, -0.2) is 12.0 Å². The fourth-order valence-corrected chi connectivity index (χ4v) is 3.79. The second kappa shape index (κ2) is 9.89. The summed E-state index contributed by atoms with van der Waals surface area (Å²) in [5, 5.41) is 0. The zero-order valence-electron chi connectivity index (χ0n) is 17.8. The van der Waals surface area contributed by atoms with Crippen LogP contribution in [0.4, 0.5) is 0 Å². The monoisotopic (exact) mass is 386 g/mol. The van der Waals surface area contributed by atoms with Crippen LogP contribution in [0.1, 0.15) is 77.8 Å². The standard InChI is InChI=1S/C23H34N2O3/c1-6-16(7-2)19(8-3)20-15-17(23(4,5)22(26)25-28-24)13-14-21(20)27-18-11-9-10-12-18/h6,8,13-15,18H,7,9-12,24H2,1-5H3,(H,25,26)/b16-6-,19-8+. The quantitative estimate of drug-likeness (QED) is 0.489. The van der Waals surface area contributed by atoms with Gasteiger partial charge >= 0.3 is 0 Å². The number of hydrogen-bond donors (Lipinski definition) is 2. The van der Waals surface area contributed by atoms with Crippen LogP contribution in [0.15, 0.2) is 35.9 Å². The number of amides is 1. The van der Waals surface area contributed by atoms with Gasteiger partial charge in [0.2, 0.25) is 0 Å². The van der Waals surface area contributed by atoms with Crippen LogP contribution in [0.25, 0.3) is 5.57 Å². The van der Waals surface area contributed by atoms with Gasteiger partial charge in [-0.15, -0.1) is 0 Å². The molecule has 1 aromatic carbocycles. The molecule has 2 rings (SSSR count). The van der Waals surface area contributed by atoms with Crippen molar-refractivity contribution in [2.75, 3.05) is 0 Å². The van der Waals surface area contributed by atoms with Crippen LogP contribution in [0.5, 0.6) is 5.75 Å². The Morgan fingerprint density at radius 1 is 1.25 bits per heavy atom. The summed E-state index contributed by atoms with van der Waals surface area (Å²) >= 11 is 0. The van der Waals surface area contributed by atoms with Gasteiger partial charge in [0.05, 0.1) is 11.5 Å². The van der Waals surface area contributed by atoms with Crippen LogP contribution in [0.2, 0.25) is 0 Å². The first-order valence-electron chi connectivity index (χ1n) is 10.2. The molecule has 0 unspecified atom stereocenters. The van der Waals surface area contributed by atoms with Gasteiger partial charge in [-0.3, -0.25) is 4.79 Å². The fraction of sp³-hybridized carbons (Fsp3) is 0.522. The molecule has 1 saturated carbocycles. The minimum absolute atomic E-state index is 0.264. The maximum atomic E-state index is 12.5. The van der Waals surface area contributed by atoms with E-state index in [0.717, 1.165) is 41.7 Å². The SMILES string of the molecule is C/C=C(CC)\C(=C/C)c1cc(C(C)(C)C(=O)NON)ccc1OC1CCCC1. The molecule has 0 radical (unpaired) electrons. The van der Waals surface area contributed by atoms with E-state index in [-0.39, 0.29) is 12.0 Å². The number of benzene rings is 1. The molecule has 1 aromatic rings. The van der Waals surface area contributed by atoms with Gasteiger partial charge in [0.15, 0.2) is 0 Å². The molecule has 1 aliphatic carbocycles. The molecule has 1 amide bonds. The van der Waals surface area contributed by atoms with Crippen LogP contribution in [-0.2, 0) is 15.1 Å². The lowest BCUT2D eigenvalue weighted by molar-refractivity contribution is -0.138. The highest BCUT2D eigenvalue weighted by Crippen LogP contribution is 2.38. The molecular weight excluding hydrogens is 352 g/mol. The summed E-state index contributed by atoms with van der Waals surface area (Å²) in [6.07, 6.45) is 10.1. The number of nitrogens with two attached hydrogens (primary N) is 1. The molecular formula is C23H34N2O3. The van der Waals surface area contributed by atoms with E-state index in [1.54, 1.807) is 0 Å². The Hall–Kier alpha value is -2.11. The average Bonchev–Trinajstić information content (AvgIpc) is 3.19. The Bertz CT molecular complexity index is 744. The predicted molar refractivity (Wildman–Crippen MR) is 113 cm³/mol. The first kappa shape index (κ1) is 22.2. The Labute approximate surface area is 168 Å². The van der Waals surface area contributed by atoms with Crippen molar-refractivity contribution in [3.8, 4) is 5.75 Å². The molecule has 1 aliphatic rings. The van der Waals surface area contributed by atoms with Crippen molar-refractivity contribution in [3.05, 3.63) is 47.1 Å². The highest BCUT2D eigenvalue weighted by molar-refractivity contribution is 5.88. The summed E-state index contributed by atoms with van der Waals surface area (Å²) in [5.41, 5.74) is 5.74. The third-order valence-corrected chi connectivity index (χ3v) is 5.67. The van der Waals surface area contributed by atoms with Crippen LogP contribution in [0, 0.1) is 0 Å². The molecule has 0 spiro atoms. The van der Waals surface area contributed by atoms with Crippen molar-refractivity contribution in [2.24, 2.45) is 5.90 Å². The molecule has 0 aromatic heterocycles. The van der Waals surface area contributed by atoms with Crippen molar-refractivity contribution in [1.82, 2.24) is 5.48 Å². The van der Waals surface area contributed by atoms with Crippen molar-refractivity contribution < 1.29 is 14.5 Å². The summed E-state index contributed by atoms with van der Waals surface area (Å²) in [4.78, 5) is 16.8. The minimum Gasteiger partial charge on any atom is -0.490 e. The van der Waals surface area contributed by atoms with Gasteiger partial charge in [0.25, 0.3) is 5.91 Å². The largest absolute Gasteiger partial charge is 0.490 e. The molecule has 3 N–H and O–H groups in total. The van der Waals surface area contributed by atoms with E-state index < -0.39 is 5.41 Å². The minimum atomic E-state index is -0.804. The zero-order valence-corrected chi connectivity index (χ0v) is 17.8. The van der Waals surface area contributed by atoms with Crippen LogP contribution in [0.3, 0.4) is 0 Å². The molecule has 5 nitrogen and oxygen atoms in total. The normalized spacial score (nSPS) is 16.4. The van der Waals surface area contributed by atoms with E-state index in [9.17, 15) is 4.79 Å². The maximum Gasteiger partial charge on any atom is 0.255 e. The number of rotatable bonds is 8. The second-order valence-electron chi connectivity index (χ2n) is 7.78. The lowest BCUT2D eigenvalue weighted by Crippen LogP contribution is -2.41. The fourth-order valence-electron chi connectivity index (χ4n) is 3.79. The van der Waals surface area contributed by atoms with Crippen molar-refractivity contribution in [2.45, 2.75) is 78.2 Å². The second-order valence-corrected chi connectivity index (χ2v) is 7.78. The summed E-state index contributed by atoms with van der Waals surface area (Å²) in [7, 11) is 0.